The molecule has 1 heterocycles. The first kappa shape index (κ1) is 17.2. The van der Waals surface area contributed by atoms with Gasteiger partial charge in [0.05, 0.1) is 25.1 Å². The molecule has 2 aromatic rings. The Morgan fingerprint density at radius 2 is 1.92 bits per heavy atom. The SMILES string of the molecule is N[C@H](Cc1ncc(COCc2ccccc2)[nH]1)CC1CCCCC1. The van der Waals surface area contributed by atoms with Gasteiger partial charge in [-0.05, 0) is 17.9 Å². The summed E-state index contributed by atoms with van der Waals surface area (Å²) >= 11 is 0. The van der Waals surface area contributed by atoms with E-state index in [2.05, 4.69) is 22.1 Å². The smallest absolute Gasteiger partial charge is 0.107 e. The van der Waals surface area contributed by atoms with Gasteiger partial charge in [-0.2, -0.15) is 0 Å². The number of aromatic amines is 1. The van der Waals surface area contributed by atoms with Crippen molar-refractivity contribution in [3.63, 3.8) is 0 Å². The Morgan fingerprint density at radius 1 is 1.12 bits per heavy atom. The number of rotatable bonds is 8. The Hall–Kier alpha value is -1.65. The van der Waals surface area contributed by atoms with Gasteiger partial charge in [-0.3, -0.25) is 0 Å². The quantitative estimate of drug-likeness (QED) is 0.771. The largest absolute Gasteiger partial charge is 0.371 e. The normalized spacial score (nSPS) is 17.0. The lowest BCUT2D eigenvalue weighted by Crippen LogP contribution is -2.27. The van der Waals surface area contributed by atoms with E-state index in [0.29, 0.717) is 13.2 Å². The Kier molecular flexibility index (Phi) is 6.44. The van der Waals surface area contributed by atoms with Crippen molar-refractivity contribution in [3.05, 3.63) is 53.6 Å². The highest BCUT2D eigenvalue weighted by Gasteiger charge is 2.17. The van der Waals surface area contributed by atoms with Gasteiger partial charge in [-0.15, -0.1) is 0 Å². The highest BCUT2D eigenvalue weighted by Crippen LogP contribution is 2.27. The van der Waals surface area contributed by atoms with Crippen LogP contribution in [0.15, 0.2) is 36.5 Å². The van der Waals surface area contributed by atoms with E-state index in [0.717, 1.165) is 30.3 Å². The molecule has 0 amide bonds. The molecule has 1 aromatic heterocycles. The molecule has 1 fully saturated rings. The number of benzene rings is 1. The number of nitrogens with two attached hydrogens (primary N) is 1. The topological polar surface area (TPSA) is 63.9 Å². The van der Waals surface area contributed by atoms with Crippen LogP contribution >= 0.6 is 0 Å². The second-order valence-corrected chi connectivity index (χ2v) is 7.04. The lowest BCUT2D eigenvalue weighted by atomic mass is 9.84. The molecule has 4 nitrogen and oxygen atoms in total. The maximum atomic E-state index is 6.33. The molecule has 1 aliphatic rings. The van der Waals surface area contributed by atoms with Crippen LogP contribution in [-0.4, -0.2) is 16.0 Å². The minimum Gasteiger partial charge on any atom is -0.371 e. The van der Waals surface area contributed by atoms with Crippen molar-refractivity contribution in [1.29, 1.82) is 0 Å². The summed E-state index contributed by atoms with van der Waals surface area (Å²) in [5.74, 6) is 1.80. The van der Waals surface area contributed by atoms with E-state index in [1.54, 1.807) is 0 Å². The zero-order valence-corrected chi connectivity index (χ0v) is 14.4. The highest BCUT2D eigenvalue weighted by molar-refractivity contribution is 5.13. The van der Waals surface area contributed by atoms with E-state index in [1.165, 1.54) is 37.7 Å². The van der Waals surface area contributed by atoms with Crippen LogP contribution in [0.4, 0.5) is 0 Å². The average molecular weight is 327 g/mol. The van der Waals surface area contributed by atoms with Gasteiger partial charge in [0.2, 0.25) is 0 Å². The van der Waals surface area contributed by atoms with Crippen molar-refractivity contribution in [2.45, 2.75) is 64.2 Å². The fourth-order valence-corrected chi connectivity index (χ4v) is 3.62. The second-order valence-electron chi connectivity index (χ2n) is 7.04. The summed E-state index contributed by atoms with van der Waals surface area (Å²) in [4.78, 5) is 7.81. The molecule has 1 atom stereocenters. The summed E-state index contributed by atoms with van der Waals surface area (Å²) in [5, 5.41) is 0. The predicted octanol–water partition coefficient (Wildman–Crippen LogP) is 3.97. The van der Waals surface area contributed by atoms with Crippen molar-refractivity contribution in [2.75, 3.05) is 0 Å². The Balaban J connectivity index is 1.39. The molecule has 0 unspecified atom stereocenters. The Bertz CT molecular complexity index is 590. The monoisotopic (exact) mass is 327 g/mol. The van der Waals surface area contributed by atoms with Crippen LogP contribution in [0.25, 0.3) is 0 Å². The van der Waals surface area contributed by atoms with Crippen molar-refractivity contribution in [1.82, 2.24) is 9.97 Å². The maximum absolute atomic E-state index is 6.33. The molecule has 0 bridgehead atoms. The van der Waals surface area contributed by atoms with Gasteiger partial charge in [0.15, 0.2) is 0 Å². The minimum absolute atomic E-state index is 0.206. The van der Waals surface area contributed by atoms with Gasteiger partial charge in [-0.1, -0.05) is 62.4 Å². The average Bonchev–Trinajstić information content (AvgIpc) is 3.04. The van der Waals surface area contributed by atoms with Gasteiger partial charge < -0.3 is 15.5 Å². The Morgan fingerprint density at radius 3 is 2.71 bits per heavy atom. The molecule has 1 aromatic carbocycles. The summed E-state index contributed by atoms with van der Waals surface area (Å²) in [6.45, 7) is 1.18. The molecule has 3 rings (SSSR count). The second kappa shape index (κ2) is 9.00. The van der Waals surface area contributed by atoms with E-state index >= 15 is 0 Å². The molecule has 1 aliphatic carbocycles. The van der Waals surface area contributed by atoms with Crippen LogP contribution < -0.4 is 5.73 Å². The number of ether oxygens (including phenoxy) is 1. The van der Waals surface area contributed by atoms with Crippen molar-refractivity contribution in [2.24, 2.45) is 11.7 Å². The third-order valence-corrected chi connectivity index (χ3v) is 4.87. The highest BCUT2D eigenvalue weighted by atomic mass is 16.5. The molecule has 0 radical (unpaired) electrons. The van der Waals surface area contributed by atoms with Crippen LogP contribution in [0.2, 0.25) is 0 Å². The first-order chi connectivity index (χ1) is 11.8. The lowest BCUT2D eigenvalue weighted by Gasteiger charge is -2.24. The molecule has 3 N–H and O–H groups in total. The molecule has 4 heteroatoms. The molecule has 0 spiro atoms. The van der Waals surface area contributed by atoms with E-state index in [4.69, 9.17) is 10.5 Å². The number of H-pyrrole nitrogens is 1. The van der Waals surface area contributed by atoms with Gasteiger partial charge >= 0.3 is 0 Å². The van der Waals surface area contributed by atoms with Gasteiger partial charge in [-0.25, -0.2) is 4.98 Å². The molecule has 1 saturated carbocycles. The molecular weight excluding hydrogens is 298 g/mol. The molecule has 0 saturated heterocycles. The van der Waals surface area contributed by atoms with Gasteiger partial charge in [0.25, 0.3) is 0 Å². The van der Waals surface area contributed by atoms with Gasteiger partial charge in [0.1, 0.15) is 5.82 Å². The third kappa shape index (κ3) is 5.46. The maximum Gasteiger partial charge on any atom is 0.107 e. The Labute approximate surface area is 144 Å². The van der Waals surface area contributed by atoms with Crippen molar-refractivity contribution in [3.8, 4) is 0 Å². The number of hydrogen-bond acceptors (Lipinski definition) is 3. The number of hydrogen-bond donors (Lipinski definition) is 2. The molecule has 24 heavy (non-hydrogen) atoms. The fraction of sp³-hybridized carbons (Fsp3) is 0.550. The standard InChI is InChI=1S/C20H29N3O/c21-18(11-16-7-3-1-4-8-16)12-20-22-13-19(23-20)15-24-14-17-9-5-2-6-10-17/h2,5-6,9-10,13,16,18H,1,3-4,7-8,11-12,14-15,21H2,(H,22,23)/t18-/m0/s1. The summed E-state index contributed by atoms with van der Waals surface area (Å²) < 4.78 is 5.74. The minimum atomic E-state index is 0.206. The van der Waals surface area contributed by atoms with Crippen LogP contribution in [0.1, 0.15) is 55.6 Å². The lowest BCUT2D eigenvalue weighted by molar-refractivity contribution is 0.105. The van der Waals surface area contributed by atoms with Crippen LogP contribution in [-0.2, 0) is 24.4 Å². The zero-order valence-electron chi connectivity index (χ0n) is 14.4. The van der Waals surface area contributed by atoms with Crippen LogP contribution in [0.5, 0.6) is 0 Å². The van der Waals surface area contributed by atoms with Crippen LogP contribution in [0, 0.1) is 5.92 Å². The number of imidazole rings is 1. The van der Waals surface area contributed by atoms with Gasteiger partial charge in [0, 0.05) is 12.5 Å². The number of nitrogens with zero attached hydrogens (tertiary/aromatic N) is 1. The summed E-state index contributed by atoms with van der Waals surface area (Å²) in [7, 11) is 0. The third-order valence-electron chi connectivity index (χ3n) is 4.87. The molecule has 130 valence electrons. The van der Waals surface area contributed by atoms with Crippen LogP contribution in [0.3, 0.4) is 0 Å². The van der Waals surface area contributed by atoms with Crippen molar-refractivity contribution < 1.29 is 4.74 Å². The van der Waals surface area contributed by atoms with E-state index in [9.17, 15) is 0 Å². The molecular formula is C20H29N3O. The number of nitrogens with one attached hydrogen (secondary N) is 1. The first-order valence-electron chi connectivity index (χ1n) is 9.19. The zero-order chi connectivity index (χ0) is 16.6. The first-order valence-corrected chi connectivity index (χ1v) is 9.19. The fourth-order valence-electron chi connectivity index (χ4n) is 3.62. The summed E-state index contributed by atoms with van der Waals surface area (Å²) in [6.07, 6.45) is 10.7. The summed E-state index contributed by atoms with van der Waals surface area (Å²) in [5.41, 5.74) is 8.54. The molecule has 0 aliphatic heterocycles. The van der Waals surface area contributed by atoms with E-state index < -0.39 is 0 Å². The number of aromatic nitrogens is 2. The van der Waals surface area contributed by atoms with E-state index in [-0.39, 0.29) is 6.04 Å². The summed E-state index contributed by atoms with van der Waals surface area (Å²) in [6, 6.07) is 10.4. The van der Waals surface area contributed by atoms with Crippen molar-refractivity contribution >= 4 is 0 Å². The predicted molar refractivity (Wildman–Crippen MR) is 96.4 cm³/mol. The van der Waals surface area contributed by atoms with E-state index in [1.807, 2.05) is 24.4 Å².